The maximum Gasteiger partial charge on any atom is 0.588 e. The predicted molar refractivity (Wildman–Crippen MR) is 386 cm³/mol. The fourth-order valence-corrected chi connectivity index (χ4v) is 13.9. The Morgan fingerprint density at radius 1 is 0.561 bits per heavy atom. The van der Waals surface area contributed by atoms with E-state index in [4.69, 9.17) is 43.0 Å². The first-order valence-corrected chi connectivity index (χ1v) is 40.0. The van der Waals surface area contributed by atoms with Gasteiger partial charge in [-0.3, -0.25) is 29.4 Å². The lowest BCUT2D eigenvalue weighted by Crippen LogP contribution is -2.72. The maximum atomic E-state index is 15.7. The molecule has 1 aliphatic rings. The standard InChI is InChI=1S/C78H133N2O17P/c1-6-10-14-18-22-26-28-32-36-40-50-58-71(84)92-66(56-44-38-34-30-24-20-16-12-8-3)60-69(82)78(75(87)73(86)74(68(62-81)94-78)97-98(89,95-64-52-46-42-47-53-64)96-65-54-48-43-49-55-65)91-63-77(79,76(88)90-5)80-70(83)61-67(57-45-39-35-31-25-21-17-13-9-4)93-72(85)59-51-41-37-33-29-27-23-19-15-11-7-2/h42-43,46-49,52-55,66-68,73-75,81,86-87H,6-41,44-45,50-51,56-63,79H2,1-5H3,(H,80,83)/t66?,67-,68-,73+,74-,75-,77-,78+/m1/s1/i60D/t60?,66?,67-,68-,73+,74-,75-,77-,78+. The first-order valence-electron chi connectivity index (χ1n) is 39.1. The van der Waals surface area contributed by atoms with E-state index in [9.17, 15) is 40.4 Å². The van der Waals surface area contributed by atoms with Crippen molar-refractivity contribution in [3.63, 3.8) is 0 Å². The molecule has 0 aliphatic carbocycles. The Morgan fingerprint density at radius 2 is 0.918 bits per heavy atom. The van der Waals surface area contributed by atoms with E-state index in [1.54, 1.807) is 36.4 Å². The van der Waals surface area contributed by atoms with Crippen LogP contribution in [0, 0.1) is 0 Å². The summed E-state index contributed by atoms with van der Waals surface area (Å²) >= 11 is 0. The Hall–Kier alpha value is -4.46. The smallest absolute Gasteiger partial charge is 0.466 e. The van der Waals surface area contributed by atoms with Crippen LogP contribution < -0.4 is 20.1 Å². The first-order chi connectivity index (χ1) is 47.9. The lowest BCUT2D eigenvalue weighted by atomic mass is 9.87. The minimum absolute atomic E-state index is 0.000605. The lowest BCUT2D eigenvalue weighted by molar-refractivity contribution is -0.346. The highest BCUT2D eigenvalue weighted by Crippen LogP contribution is 2.53. The van der Waals surface area contributed by atoms with E-state index >= 15 is 4.79 Å². The summed E-state index contributed by atoms with van der Waals surface area (Å²) in [7, 11) is -3.99. The lowest BCUT2D eigenvalue weighted by Gasteiger charge is -2.49. The molecule has 1 saturated heterocycles. The van der Waals surface area contributed by atoms with Gasteiger partial charge in [0.25, 0.3) is 5.79 Å². The summed E-state index contributed by atoms with van der Waals surface area (Å²) in [6.07, 6.45) is 28.0. The second-order valence-corrected chi connectivity index (χ2v) is 28.7. The molecule has 1 heterocycles. The van der Waals surface area contributed by atoms with Gasteiger partial charge in [-0.2, -0.15) is 0 Å². The minimum atomic E-state index is -4.99. The molecule has 6 N–H and O–H groups in total. The molecule has 2 aromatic rings. The average molecular weight is 1400 g/mol. The molecule has 1 aliphatic heterocycles. The molecule has 98 heavy (non-hydrogen) atoms. The third kappa shape index (κ3) is 37.5. The van der Waals surface area contributed by atoms with Crippen molar-refractivity contribution in [1.29, 1.82) is 0 Å². The number of nitrogens with two attached hydrogens (primary N) is 1. The van der Waals surface area contributed by atoms with Crippen LogP contribution in [0.4, 0.5) is 0 Å². The van der Waals surface area contributed by atoms with Gasteiger partial charge in [0.05, 0.1) is 26.7 Å². The maximum absolute atomic E-state index is 15.7. The number of aliphatic hydroxyl groups is 3. The van der Waals surface area contributed by atoms with Gasteiger partial charge < -0.3 is 53.4 Å². The zero-order chi connectivity index (χ0) is 72.3. The van der Waals surface area contributed by atoms with E-state index < -0.39 is 112 Å². The van der Waals surface area contributed by atoms with Crippen molar-refractivity contribution in [2.45, 2.75) is 371 Å². The van der Waals surface area contributed by atoms with Crippen molar-refractivity contribution in [3.05, 3.63) is 60.7 Å². The largest absolute Gasteiger partial charge is 0.588 e. The van der Waals surface area contributed by atoms with Crippen LogP contribution >= 0.6 is 7.82 Å². The molecule has 2 aromatic carbocycles. The van der Waals surface area contributed by atoms with Gasteiger partial charge in [-0.05, 0) is 62.8 Å². The number of carbonyl (C=O) groups is 5. The van der Waals surface area contributed by atoms with E-state index in [0.29, 0.717) is 38.5 Å². The van der Waals surface area contributed by atoms with Crippen LogP contribution in [0.1, 0.15) is 324 Å². The number of carbonyl (C=O) groups excluding carboxylic acids is 5. The fraction of sp³-hybridized carbons (Fsp3) is 0.782. The van der Waals surface area contributed by atoms with Gasteiger partial charge >= 0.3 is 25.7 Å². The number of aliphatic hydroxyl groups excluding tert-OH is 3. The second-order valence-electron chi connectivity index (χ2n) is 27.2. The van der Waals surface area contributed by atoms with E-state index in [2.05, 4.69) is 33.0 Å². The molecule has 562 valence electrons. The number of amides is 1. The minimum Gasteiger partial charge on any atom is -0.466 e. The highest BCUT2D eigenvalue weighted by Gasteiger charge is 2.62. The van der Waals surface area contributed by atoms with E-state index in [0.717, 1.165) is 148 Å². The number of hydrogen-bond acceptors (Lipinski definition) is 18. The Bertz CT molecular complexity index is 2420. The molecule has 1 amide bonds. The van der Waals surface area contributed by atoms with Gasteiger partial charge in [0.1, 0.15) is 48.1 Å². The summed E-state index contributed by atoms with van der Waals surface area (Å²) in [4.78, 5) is 71.5. The number of unbranched alkanes of at least 4 members (excludes halogenated alkanes) is 36. The molecular weight excluding hydrogens is 1270 g/mol. The molecule has 20 heteroatoms. The number of phosphoric acid groups is 1. The highest BCUT2D eigenvalue weighted by molar-refractivity contribution is 7.49. The molecule has 2 unspecified atom stereocenters. The van der Waals surface area contributed by atoms with Crippen LogP contribution in [-0.4, -0.2) is 113 Å². The van der Waals surface area contributed by atoms with Crippen molar-refractivity contribution in [3.8, 4) is 11.5 Å². The molecule has 9 atom stereocenters. The van der Waals surface area contributed by atoms with Crippen LogP contribution in [0.2, 0.25) is 0 Å². The molecule has 0 bridgehead atoms. The highest BCUT2D eigenvalue weighted by atomic mass is 31.2. The number of hydrogen-bond donors (Lipinski definition) is 5. The monoisotopic (exact) mass is 1400 g/mol. The van der Waals surface area contributed by atoms with Gasteiger partial charge in [0, 0.05) is 20.6 Å². The Kier molecular flexibility index (Phi) is 47.6. The summed E-state index contributed by atoms with van der Waals surface area (Å²) in [6.45, 7) is 6.36. The predicted octanol–water partition coefficient (Wildman–Crippen LogP) is 17.8. The zero-order valence-electron chi connectivity index (χ0n) is 62.1. The number of ketones is 1. The number of para-hydroxylation sites is 2. The number of nitrogens with one attached hydrogen (secondary N) is 1. The number of ether oxygens (including phenoxy) is 5. The van der Waals surface area contributed by atoms with Crippen LogP contribution in [0.15, 0.2) is 60.7 Å². The molecule has 0 spiro atoms. The molecule has 1 fully saturated rings. The van der Waals surface area contributed by atoms with Crippen LogP contribution in [0.25, 0.3) is 0 Å². The molecule has 0 radical (unpaired) electrons. The topological polar surface area (TPSA) is 275 Å². The molecule has 0 saturated carbocycles. The number of methoxy groups -OCH3 is 1. The van der Waals surface area contributed by atoms with E-state index in [-0.39, 0.29) is 30.8 Å². The van der Waals surface area contributed by atoms with Crippen molar-refractivity contribution in [1.82, 2.24) is 5.32 Å². The van der Waals surface area contributed by atoms with Gasteiger partial charge in [-0.1, -0.05) is 295 Å². The third-order valence-corrected chi connectivity index (χ3v) is 19.8. The van der Waals surface area contributed by atoms with Crippen LogP contribution in [-0.2, 0) is 56.7 Å². The molecule has 19 nitrogen and oxygen atoms in total. The van der Waals surface area contributed by atoms with Gasteiger partial charge in [-0.25, -0.2) is 9.36 Å². The normalized spacial score (nSPS) is 18.8. The van der Waals surface area contributed by atoms with Crippen molar-refractivity contribution in [2.24, 2.45) is 5.73 Å². The Morgan fingerprint density at radius 3 is 1.30 bits per heavy atom. The zero-order valence-corrected chi connectivity index (χ0v) is 62.0. The summed E-state index contributed by atoms with van der Waals surface area (Å²) < 4.78 is 72.1. The number of phosphoric ester groups is 1. The van der Waals surface area contributed by atoms with Crippen molar-refractivity contribution >= 4 is 37.4 Å². The van der Waals surface area contributed by atoms with E-state index in [1.807, 2.05) is 0 Å². The fourth-order valence-electron chi connectivity index (χ4n) is 12.5. The Balaban J connectivity index is 2.02. The number of rotatable bonds is 63. The van der Waals surface area contributed by atoms with Gasteiger partial charge in [-0.15, -0.1) is 0 Å². The summed E-state index contributed by atoms with van der Waals surface area (Å²) in [5.74, 6) is -8.02. The molecule has 0 aromatic heterocycles. The van der Waals surface area contributed by atoms with Crippen molar-refractivity contribution in [2.75, 3.05) is 20.3 Å². The Labute approximate surface area is 592 Å². The molecule has 3 rings (SSSR count). The van der Waals surface area contributed by atoms with Crippen LogP contribution in [0.5, 0.6) is 11.5 Å². The number of benzene rings is 2. The summed E-state index contributed by atoms with van der Waals surface area (Å²) in [6, 6.07) is 15.6. The quantitative estimate of drug-likeness (QED) is 0.0135. The first kappa shape index (κ1) is 85.9. The van der Waals surface area contributed by atoms with Gasteiger partial charge in [0.2, 0.25) is 11.6 Å². The van der Waals surface area contributed by atoms with E-state index in [1.165, 1.54) is 108 Å². The summed E-state index contributed by atoms with van der Waals surface area (Å²) in [5, 5.41) is 38.7. The van der Waals surface area contributed by atoms with Crippen molar-refractivity contribution < 1.29 is 82.5 Å². The van der Waals surface area contributed by atoms with Gasteiger partial charge in [0.15, 0.2) is 5.78 Å². The number of esters is 3. The average Bonchev–Trinajstić information content (AvgIpc) is 0.741. The van der Waals surface area contributed by atoms with Crippen LogP contribution in [0.3, 0.4) is 0 Å². The second kappa shape index (κ2) is 54.3. The summed E-state index contributed by atoms with van der Waals surface area (Å²) in [5.41, 5.74) is 4.08. The molecular formula is C78H133N2O17P. The number of Topliss-reactive ketones (excluding diaryl/α,β-unsaturated/α-hetero) is 1. The third-order valence-electron chi connectivity index (χ3n) is 18.4. The SMILES string of the molecule is [2H]C(C(=O)[C@]1(OC[C@@](N)(NC(=O)C[C@@H](CCCCCCCCCCC)OC(=O)CCCCCCCCCCCCC)C(=O)OC)O[C@H](CO)[C@@H](OP(=O)(Oc2ccccc2)Oc2ccccc2)[C@H](O)[C@H]1O)C(CCCCCCCCCCC)OC(=O)CCCCCCCCCCCCC.